The summed E-state index contributed by atoms with van der Waals surface area (Å²) < 4.78 is 10.9. The van der Waals surface area contributed by atoms with E-state index in [1.54, 1.807) is 35.0 Å². The standard InChI is InChI=1S/C41H54N8O6S2/c1-29(2)38-45-34(27-56-38)25-48(3)40(52)47-36(16-17-43-39(51)49-18-20-54-21-19-49)37(50)44-32(22-30-10-6-4-7-11-30)14-15-33(23-31-12-8-5-9-13-31)46-41(53)55-26-35-24-42-28-57-35/h4-13,24,27-29,32-33,36H,14-23,25-26H2,1-3H3,(H,43,51)(H,44,50)(H,46,53)(H,47,52)/t32-,33-,36+/m1/s1. The van der Waals surface area contributed by atoms with E-state index < -0.39 is 18.2 Å². The second-order valence-electron chi connectivity index (χ2n) is 14.4. The fraction of sp³-hybridized carbons (Fsp3) is 0.463. The number of carbonyl (C=O) groups excluding carboxylic acids is 4. The lowest BCUT2D eigenvalue weighted by molar-refractivity contribution is -0.123. The highest BCUT2D eigenvalue weighted by Gasteiger charge is 2.27. The molecule has 1 aliphatic heterocycles. The Morgan fingerprint density at radius 2 is 1.53 bits per heavy atom. The van der Waals surface area contributed by atoms with Gasteiger partial charge in [0.15, 0.2) is 0 Å². The van der Waals surface area contributed by atoms with Gasteiger partial charge in [-0.05, 0) is 43.2 Å². The van der Waals surface area contributed by atoms with Gasteiger partial charge >= 0.3 is 18.2 Å². The number of rotatable bonds is 19. The van der Waals surface area contributed by atoms with E-state index in [9.17, 15) is 19.2 Å². The highest BCUT2D eigenvalue weighted by atomic mass is 32.1. The van der Waals surface area contributed by atoms with Gasteiger partial charge in [-0.1, -0.05) is 74.5 Å². The van der Waals surface area contributed by atoms with Crippen LogP contribution in [0.15, 0.2) is 77.8 Å². The SMILES string of the molecule is CC(C)c1nc(CN(C)C(=O)N[C@@H](CCNC(=O)N2CCOCC2)C(=O)N[C@H](CC[C@H](Cc2ccccc2)NC(=O)OCc2cncs2)Cc2ccccc2)cs1. The van der Waals surface area contributed by atoms with Crippen molar-refractivity contribution in [3.63, 3.8) is 0 Å². The molecule has 6 amide bonds. The Balaban J connectivity index is 1.28. The predicted molar refractivity (Wildman–Crippen MR) is 221 cm³/mol. The number of benzene rings is 2. The molecule has 3 atom stereocenters. The summed E-state index contributed by atoms with van der Waals surface area (Å²) in [5, 5.41) is 15.0. The van der Waals surface area contributed by atoms with Crippen molar-refractivity contribution in [2.75, 3.05) is 39.9 Å². The molecule has 1 fully saturated rings. The Morgan fingerprint density at radius 1 is 0.877 bits per heavy atom. The van der Waals surface area contributed by atoms with E-state index in [2.05, 4.69) is 45.1 Å². The maximum Gasteiger partial charge on any atom is 0.407 e. The predicted octanol–water partition coefficient (Wildman–Crippen LogP) is 5.71. The summed E-state index contributed by atoms with van der Waals surface area (Å²) in [7, 11) is 1.67. The molecule has 0 spiro atoms. The van der Waals surface area contributed by atoms with Gasteiger partial charge in [0.25, 0.3) is 0 Å². The van der Waals surface area contributed by atoms with Crippen molar-refractivity contribution in [1.29, 1.82) is 0 Å². The molecule has 5 rings (SSSR count). The van der Waals surface area contributed by atoms with Crippen molar-refractivity contribution in [2.24, 2.45) is 0 Å². The number of nitrogens with one attached hydrogen (secondary N) is 4. The quantitative estimate of drug-likeness (QED) is 0.0934. The van der Waals surface area contributed by atoms with E-state index in [4.69, 9.17) is 9.47 Å². The fourth-order valence-electron chi connectivity index (χ4n) is 6.32. The first-order valence-electron chi connectivity index (χ1n) is 19.4. The number of urea groups is 2. The van der Waals surface area contributed by atoms with Gasteiger partial charge in [0.05, 0.1) is 40.8 Å². The van der Waals surface area contributed by atoms with Gasteiger partial charge in [-0.3, -0.25) is 9.78 Å². The molecule has 2 aromatic carbocycles. The van der Waals surface area contributed by atoms with Crippen molar-refractivity contribution >= 4 is 46.7 Å². The monoisotopic (exact) mass is 818 g/mol. The maximum absolute atomic E-state index is 14.2. The third-order valence-electron chi connectivity index (χ3n) is 9.44. The molecule has 3 heterocycles. The van der Waals surface area contributed by atoms with Crippen LogP contribution in [0.3, 0.4) is 0 Å². The molecule has 16 heteroatoms. The number of ether oxygens (including phenoxy) is 2. The Morgan fingerprint density at radius 3 is 2.12 bits per heavy atom. The van der Waals surface area contributed by atoms with Crippen LogP contribution in [0, 0.1) is 0 Å². The van der Waals surface area contributed by atoms with Crippen LogP contribution in [0.2, 0.25) is 0 Å². The summed E-state index contributed by atoms with van der Waals surface area (Å²) >= 11 is 2.97. The average Bonchev–Trinajstić information content (AvgIpc) is 3.93. The van der Waals surface area contributed by atoms with Gasteiger partial charge in [0, 0.05) is 56.3 Å². The first-order chi connectivity index (χ1) is 27.6. The van der Waals surface area contributed by atoms with Crippen LogP contribution < -0.4 is 21.3 Å². The summed E-state index contributed by atoms with van der Waals surface area (Å²) in [5.41, 5.74) is 4.55. The summed E-state index contributed by atoms with van der Waals surface area (Å²) in [6, 6.07) is 17.5. The molecule has 0 radical (unpaired) electrons. The van der Waals surface area contributed by atoms with Gasteiger partial charge < -0.3 is 40.5 Å². The highest BCUT2D eigenvalue weighted by molar-refractivity contribution is 7.09. The van der Waals surface area contributed by atoms with Crippen molar-refractivity contribution < 1.29 is 28.7 Å². The molecule has 4 N–H and O–H groups in total. The van der Waals surface area contributed by atoms with Gasteiger partial charge in [-0.25, -0.2) is 19.4 Å². The van der Waals surface area contributed by atoms with E-state index in [-0.39, 0.29) is 56.1 Å². The molecule has 57 heavy (non-hydrogen) atoms. The van der Waals surface area contributed by atoms with Gasteiger partial charge in [0.1, 0.15) is 12.6 Å². The number of amides is 6. The summed E-state index contributed by atoms with van der Waals surface area (Å²) in [5.74, 6) is -0.0922. The number of nitrogens with zero attached hydrogens (tertiary/aromatic N) is 4. The van der Waals surface area contributed by atoms with E-state index in [1.807, 2.05) is 66.0 Å². The van der Waals surface area contributed by atoms with E-state index in [1.165, 1.54) is 16.2 Å². The molecule has 0 unspecified atom stereocenters. The lowest BCUT2D eigenvalue weighted by Crippen LogP contribution is -2.54. The molecule has 1 saturated heterocycles. The topological polar surface area (TPSA) is 167 Å². The first-order valence-corrected chi connectivity index (χ1v) is 21.1. The zero-order valence-corrected chi connectivity index (χ0v) is 34.5. The molecule has 2 aromatic heterocycles. The molecule has 0 aliphatic carbocycles. The number of morpholine rings is 1. The van der Waals surface area contributed by atoms with Crippen molar-refractivity contribution in [2.45, 2.75) is 83.1 Å². The van der Waals surface area contributed by atoms with Crippen LogP contribution in [-0.2, 0) is 40.3 Å². The average molecular weight is 819 g/mol. The molecule has 14 nitrogen and oxygen atoms in total. The lowest BCUT2D eigenvalue weighted by atomic mass is 9.95. The zero-order valence-electron chi connectivity index (χ0n) is 32.9. The second kappa shape index (κ2) is 22.6. The third kappa shape index (κ3) is 14.8. The van der Waals surface area contributed by atoms with E-state index >= 15 is 0 Å². The van der Waals surface area contributed by atoms with Crippen LogP contribution in [-0.4, -0.2) is 102 Å². The van der Waals surface area contributed by atoms with Crippen molar-refractivity contribution in [3.8, 4) is 0 Å². The van der Waals surface area contributed by atoms with Gasteiger partial charge in [-0.2, -0.15) is 0 Å². The van der Waals surface area contributed by atoms with Crippen LogP contribution >= 0.6 is 22.7 Å². The van der Waals surface area contributed by atoms with Gasteiger partial charge in [-0.15, -0.1) is 22.7 Å². The zero-order chi connectivity index (χ0) is 40.4. The number of hydrogen-bond acceptors (Lipinski definition) is 10. The summed E-state index contributed by atoms with van der Waals surface area (Å²) in [6.07, 6.45) is 3.44. The van der Waals surface area contributed by atoms with Crippen LogP contribution in [0.4, 0.5) is 14.4 Å². The molecule has 0 bridgehead atoms. The Kier molecular flexibility index (Phi) is 17.1. The number of alkyl carbamates (subject to hydrolysis) is 1. The number of thiazole rings is 2. The highest BCUT2D eigenvalue weighted by Crippen LogP contribution is 2.20. The molecule has 4 aromatic rings. The second-order valence-corrected chi connectivity index (χ2v) is 16.2. The molecular weight excluding hydrogens is 765 g/mol. The van der Waals surface area contributed by atoms with E-state index in [0.717, 1.165) is 26.7 Å². The fourth-order valence-corrected chi connectivity index (χ4v) is 7.65. The maximum atomic E-state index is 14.2. The van der Waals surface area contributed by atoms with Crippen LogP contribution in [0.5, 0.6) is 0 Å². The summed E-state index contributed by atoms with van der Waals surface area (Å²) in [4.78, 5) is 66.4. The minimum atomic E-state index is -0.954. The normalized spacial score (nSPS) is 14.3. The molecule has 306 valence electrons. The molecular formula is C41H54N8O6S2. The summed E-state index contributed by atoms with van der Waals surface area (Å²) in [6.45, 7) is 6.62. The minimum absolute atomic E-state index is 0.124. The van der Waals surface area contributed by atoms with Gasteiger partial charge in [0.2, 0.25) is 5.91 Å². The number of aromatic nitrogens is 2. The van der Waals surface area contributed by atoms with E-state index in [0.29, 0.717) is 52.0 Å². The third-order valence-corrected chi connectivity index (χ3v) is 11.4. The smallest absolute Gasteiger partial charge is 0.407 e. The molecule has 0 saturated carbocycles. The number of hydrogen-bond donors (Lipinski definition) is 4. The Hall–Kier alpha value is -5.06. The lowest BCUT2D eigenvalue weighted by Gasteiger charge is -2.28. The Labute approximate surface area is 342 Å². The molecule has 1 aliphatic rings. The first kappa shape index (κ1) is 43.1. The van der Waals surface area contributed by atoms with Crippen LogP contribution in [0.1, 0.15) is 65.7 Å². The minimum Gasteiger partial charge on any atom is -0.444 e. The van der Waals surface area contributed by atoms with Crippen molar-refractivity contribution in [1.82, 2.24) is 41.0 Å². The van der Waals surface area contributed by atoms with Crippen molar-refractivity contribution in [3.05, 3.63) is 104 Å². The Bertz CT molecular complexity index is 1820. The van der Waals surface area contributed by atoms with Crippen LogP contribution in [0.25, 0.3) is 0 Å². The number of carbonyl (C=O) groups is 4. The largest absolute Gasteiger partial charge is 0.444 e.